The molecule has 0 unspecified atom stereocenters. The number of rotatable bonds is 54. The number of halogens is 2. The molecule has 87 heavy (non-hydrogen) atoms. The summed E-state index contributed by atoms with van der Waals surface area (Å²) in [5.74, 6) is 0. The molecule has 0 radical (unpaired) electrons. The monoisotopic (exact) mass is 1280 g/mol. The Kier molecular flexibility index (Phi) is 53.6. The molecule has 0 bridgehead atoms. The van der Waals surface area contributed by atoms with Gasteiger partial charge >= 0.3 is 0 Å². The van der Waals surface area contributed by atoms with Crippen LogP contribution in [0.15, 0.2) is 60.7 Å². The van der Waals surface area contributed by atoms with Gasteiger partial charge in [-0.1, -0.05) is 312 Å². The molecule has 3 rings (SSSR count). The van der Waals surface area contributed by atoms with Crippen molar-refractivity contribution >= 4 is 45.0 Å². The van der Waals surface area contributed by atoms with Crippen LogP contribution in [0.4, 0.5) is 0 Å². The molecule has 0 spiro atoms. The van der Waals surface area contributed by atoms with Crippen LogP contribution in [0.5, 0.6) is 0 Å². The van der Waals surface area contributed by atoms with Crippen molar-refractivity contribution in [1.82, 2.24) is 0 Å². The Labute approximate surface area is 554 Å². The minimum absolute atomic E-state index is 0.182. The lowest BCUT2D eigenvalue weighted by atomic mass is 9.66. The largest absolute Gasteiger partial charge is 0.871 e. The summed E-state index contributed by atoms with van der Waals surface area (Å²) >= 11 is 13.2. The van der Waals surface area contributed by atoms with E-state index in [4.69, 9.17) is 23.2 Å². The first kappa shape index (κ1) is 84.1. The summed E-state index contributed by atoms with van der Waals surface area (Å²) in [7, 11) is -3.47. The molecule has 0 saturated heterocycles. The van der Waals surface area contributed by atoms with Crippen LogP contribution in [0.1, 0.15) is 346 Å². The van der Waals surface area contributed by atoms with E-state index < -0.39 is 27.3 Å². The highest BCUT2D eigenvalue weighted by molar-refractivity contribution is 7.76. The lowest BCUT2D eigenvalue weighted by Crippen LogP contribution is -2.47. The van der Waals surface area contributed by atoms with Gasteiger partial charge in [0.2, 0.25) is 0 Å². The fourth-order valence-electron chi connectivity index (χ4n) is 13.2. The molecule has 0 aromatic heterocycles. The van der Waals surface area contributed by atoms with Crippen molar-refractivity contribution in [1.29, 1.82) is 0 Å². The number of benzene rings is 3. The fourth-order valence-corrected chi connectivity index (χ4v) is 24.0. The van der Waals surface area contributed by atoms with Crippen molar-refractivity contribution in [2.75, 3.05) is 55.9 Å². The highest BCUT2D eigenvalue weighted by Gasteiger charge is 2.38. The minimum atomic E-state index is -2.22. The lowest BCUT2D eigenvalue weighted by molar-refractivity contribution is -0.381. The van der Waals surface area contributed by atoms with Crippen LogP contribution in [0, 0.1) is 20.8 Å². The molecule has 0 N–H and O–H groups in total. The van der Waals surface area contributed by atoms with Crippen molar-refractivity contribution in [2.24, 2.45) is 0 Å². The van der Waals surface area contributed by atoms with Crippen LogP contribution in [0.2, 0.25) is 10.0 Å². The molecule has 0 saturated carbocycles. The Morgan fingerprint density at radius 1 is 0.333 bits per heavy atom. The summed E-state index contributed by atoms with van der Waals surface area (Å²) in [5.41, 5.74) is 6.18. The van der Waals surface area contributed by atoms with Crippen molar-refractivity contribution in [3.05, 3.63) is 104 Å². The predicted molar refractivity (Wildman–Crippen MR) is 398 cm³/mol. The van der Waals surface area contributed by atoms with Crippen LogP contribution >= 0.6 is 37.7 Å². The molecular weight excluding hydrogens is 1140 g/mol. The third kappa shape index (κ3) is 38.7. The predicted octanol–water partition coefficient (Wildman–Crippen LogP) is 25.7. The molecule has 3 aromatic rings. The summed E-state index contributed by atoms with van der Waals surface area (Å²) in [6.45, 7) is 25.2. The van der Waals surface area contributed by atoms with Gasteiger partial charge in [-0.15, -0.1) is 0 Å². The maximum Gasteiger partial charge on any atom is 0.0604 e. The number of unbranched alkanes of at least 4 members (excludes halogenated alkanes) is 30. The van der Waals surface area contributed by atoms with Gasteiger partial charge in [-0.2, -0.15) is 0 Å². The zero-order valence-electron chi connectivity index (χ0n) is 59.4. The van der Waals surface area contributed by atoms with E-state index >= 15 is 0 Å². The van der Waals surface area contributed by atoms with Crippen molar-refractivity contribution in [2.45, 2.75) is 338 Å². The van der Waals surface area contributed by atoms with Gasteiger partial charge in [-0.3, -0.25) is 0 Å². The highest BCUT2D eigenvalue weighted by Crippen LogP contribution is 2.62. The van der Waals surface area contributed by atoms with Crippen LogP contribution in [-0.4, -0.2) is 63.2 Å². The Morgan fingerprint density at radius 2 is 0.598 bits per heavy atom. The van der Waals surface area contributed by atoms with E-state index in [9.17, 15) is 10.0 Å². The second-order valence-electron chi connectivity index (χ2n) is 27.0. The Balaban J connectivity index is 0.000000659. The van der Waals surface area contributed by atoms with E-state index in [1.54, 1.807) is 62.1 Å². The van der Waals surface area contributed by atoms with E-state index in [0.29, 0.717) is 6.42 Å². The van der Waals surface area contributed by atoms with Crippen LogP contribution in [0.25, 0.3) is 0 Å². The summed E-state index contributed by atoms with van der Waals surface area (Å²) in [6, 6.07) is 21.2. The zero-order valence-corrected chi connectivity index (χ0v) is 62.7. The molecule has 3 aromatic carbocycles. The fraction of sp³-hybridized carbons (Fsp3) is 0.772. The molecule has 8 heteroatoms. The standard InChI is InChI=1S/C27H29BCl2O3.2C26H56P/c1-19-7-11-22(12-8-19)27(15-5-4-6-16-33-28(31)32,23-13-9-20(2)25(29)17-23)24-14-10-21(3)26(30)18-24;2*1-5-9-13-14-15-16-17-18-19-20-21-22-26-27(23-10-6-2,24-11-7-3)25-12-8-4/h7-14,17-18H,4-6,15-16H2,1-3H3;2*5-26H2,1-4H3/q-2;2*+1. The molecule has 0 fully saturated rings. The Bertz CT molecular complexity index is 1860. The van der Waals surface area contributed by atoms with Gasteiger partial charge in [-0.05, 0) is 138 Å². The van der Waals surface area contributed by atoms with Crippen molar-refractivity contribution < 1.29 is 14.7 Å². The lowest BCUT2D eigenvalue weighted by Gasteiger charge is -2.37. The van der Waals surface area contributed by atoms with Gasteiger partial charge in [0, 0.05) is 36.6 Å². The zero-order chi connectivity index (χ0) is 64.1. The SMILES string of the molecule is CCCCCCCCCCCCCC[P+](CCCC)(CCCC)CCCC.CCCCCCCCCCCCCC[P+](CCCC)(CCCC)CCCC.Cc1ccc(C(CCCCCOB([O-])[O-])(c2ccc(C)c(Cl)c2)c2ccc(C)c(Cl)c2)cc1. The topological polar surface area (TPSA) is 55.3 Å². The first-order chi connectivity index (χ1) is 42.2. The van der Waals surface area contributed by atoms with E-state index in [1.807, 2.05) is 13.8 Å². The molecular formula is C79H141BCl2O3P2. The number of aryl methyl sites for hydroxylation is 3. The Hall–Kier alpha value is -0.955. The maximum absolute atomic E-state index is 10.6. The quantitative estimate of drug-likeness (QED) is 0.0245. The summed E-state index contributed by atoms with van der Waals surface area (Å²) in [4.78, 5) is 0. The second kappa shape index (κ2) is 55.5. The molecule has 0 aliphatic heterocycles. The van der Waals surface area contributed by atoms with Crippen LogP contribution in [0.3, 0.4) is 0 Å². The van der Waals surface area contributed by atoms with Crippen LogP contribution < -0.4 is 10.0 Å². The first-order valence-corrected chi connectivity index (χ1v) is 43.3. The average molecular weight is 1280 g/mol. The minimum Gasteiger partial charge on any atom is -0.871 e. The van der Waals surface area contributed by atoms with Gasteiger partial charge in [-0.25, -0.2) is 0 Å². The Morgan fingerprint density at radius 3 is 0.885 bits per heavy atom. The van der Waals surface area contributed by atoms with E-state index in [-0.39, 0.29) is 6.61 Å². The van der Waals surface area contributed by atoms with Crippen LogP contribution in [-0.2, 0) is 10.1 Å². The number of hydrogen-bond acceptors (Lipinski definition) is 3. The van der Waals surface area contributed by atoms with E-state index in [1.165, 1.54) is 229 Å². The van der Waals surface area contributed by atoms with Gasteiger partial charge in [0.25, 0.3) is 0 Å². The second-order valence-corrected chi connectivity index (χ2v) is 36.8. The smallest absolute Gasteiger partial charge is 0.0604 e. The summed E-state index contributed by atoms with van der Waals surface area (Å²) in [6.07, 6.45) is 69.1. The normalized spacial score (nSPS) is 11.9. The van der Waals surface area contributed by atoms with Crippen molar-refractivity contribution in [3.63, 3.8) is 0 Å². The molecule has 0 amide bonds. The third-order valence-electron chi connectivity index (χ3n) is 19.2. The molecule has 3 nitrogen and oxygen atoms in total. The third-order valence-corrected chi connectivity index (χ3v) is 30.1. The molecule has 0 heterocycles. The van der Waals surface area contributed by atoms with Gasteiger partial charge in [0.05, 0.1) is 56.6 Å². The number of hydrogen-bond donors (Lipinski definition) is 0. The molecule has 502 valence electrons. The maximum atomic E-state index is 10.6. The van der Waals surface area contributed by atoms with Gasteiger partial charge < -0.3 is 14.7 Å². The van der Waals surface area contributed by atoms with E-state index in [2.05, 4.69) is 128 Å². The average Bonchev–Trinajstić information content (AvgIpc) is 1.17. The highest BCUT2D eigenvalue weighted by atomic mass is 35.5. The molecule has 0 aliphatic rings. The molecule has 0 atom stereocenters. The summed E-state index contributed by atoms with van der Waals surface area (Å²) in [5, 5.41) is 22.7. The molecule has 0 aliphatic carbocycles. The van der Waals surface area contributed by atoms with Crippen molar-refractivity contribution in [3.8, 4) is 0 Å². The summed E-state index contributed by atoms with van der Waals surface area (Å²) < 4.78 is 4.65. The van der Waals surface area contributed by atoms with E-state index in [0.717, 1.165) is 51.6 Å². The van der Waals surface area contributed by atoms with Gasteiger partial charge in [0.15, 0.2) is 0 Å². The first-order valence-electron chi connectivity index (χ1n) is 37.5. The van der Waals surface area contributed by atoms with Gasteiger partial charge in [0.1, 0.15) is 0 Å².